The monoisotopic (exact) mass is 297 g/mol. The minimum Gasteiger partial charge on any atom is -0.359 e. The van der Waals surface area contributed by atoms with E-state index >= 15 is 0 Å². The van der Waals surface area contributed by atoms with Crippen molar-refractivity contribution in [1.82, 2.24) is 10.3 Å². The van der Waals surface area contributed by atoms with Crippen molar-refractivity contribution in [3.8, 4) is 0 Å². The van der Waals surface area contributed by atoms with E-state index in [0.29, 0.717) is 12.4 Å². The highest BCUT2D eigenvalue weighted by Gasteiger charge is 2.27. The minimum absolute atomic E-state index is 0.108. The number of benzene rings is 1. The summed E-state index contributed by atoms with van der Waals surface area (Å²) in [5, 5.41) is 4.85. The summed E-state index contributed by atoms with van der Waals surface area (Å²) in [5.41, 5.74) is 0.810. The number of hydrogen-bond acceptors (Lipinski definition) is 3. The molecule has 114 valence electrons. The van der Waals surface area contributed by atoms with Gasteiger partial charge in [0, 0.05) is 25.5 Å². The summed E-state index contributed by atoms with van der Waals surface area (Å²) in [4.78, 5) is 6.05. The largest absolute Gasteiger partial charge is 0.390 e. The SMILES string of the molecule is CNCc1cc2ccccc2c(N(C)CCC(F)(F)F)n1. The molecular weight excluding hydrogens is 279 g/mol. The van der Waals surface area contributed by atoms with Gasteiger partial charge in [-0.3, -0.25) is 0 Å². The van der Waals surface area contributed by atoms with Gasteiger partial charge in [0.15, 0.2) is 0 Å². The zero-order chi connectivity index (χ0) is 15.5. The number of pyridine rings is 1. The number of rotatable bonds is 5. The van der Waals surface area contributed by atoms with Crippen LogP contribution in [0, 0.1) is 0 Å². The van der Waals surface area contributed by atoms with E-state index < -0.39 is 12.6 Å². The van der Waals surface area contributed by atoms with Crippen LogP contribution in [0.1, 0.15) is 12.1 Å². The molecule has 0 atom stereocenters. The van der Waals surface area contributed by atoms with Crippen LogP contribution in [0.2, 0.25) is 0 Å². The molecule has 0 saturated carbocycles. The Morgan fingerprint density at radius 3 is 2.62 bits per heavy atom. The zero-order valence-electron chi connectivity index (χ0n) is 12.0. The molecule has 0 bridgehead atoms. The molecule has 2 aromatic rings. The van der Waals surface area contributed by atoms with E-state index in [0.717, 1.165) is 16.5 Å². The van der Waals surface area contributed by atoms with E-state index in [1.807, 2.05) is 37.4 Å². The van der Waals surface area contributed by atoms with Gasteiger partial charge in [-0.15, -0.1) is 0 Å². The molecule has 0 radical (unpaired) electrons. The Morgan fingerprint density at radius 2 is 1.95 bits per heavy atom. The predicted octanol–water partition coefficient (Wildman–Crippen LogP) is 3.34. The first kappa shape index (κ1) is 15.6. The Hall–Kier alpha value is -1.82. The molecule has 0 amide bonds. The molecule has 0 aliphatic carbocycles. The fourth-order valence-electron chi connectivity index (χ4n) is 2.20. The Balaban J connectivity index is 2.36. The van der Waals surface area contributed by atoms with Crippen LogP contribution < -0.4 is 10.2 Å². The second-order valence-electron chi connectivity index (χ2n) is 4.98. The molecule has 0 unspecified atom stereocenters. The van der Waals surface area contributed by atoms with Gasteiger partial charge in [-0.25, -0.2) is 4.98 Å². The van der Waals surface area contributed by atoms with E-state index in [4.69, 9.17) is 0 Å². The van der Waals surface area contributed by atoms with Gasteiger partial charge in [-0.2, -0.15) is 13.2 Å². The lowest BCUT2D eigenvalue weighted by Gasteiger charge is -2.21. The number of fused-ring (bicyclic) bond motifs is 1. The maximum absolute atomic E-state index is 12.4. The topological polar surface area (TPSA) is 28.2 Å². The van der Waals surface area contributed by atoms with Gasteiger partial charge in [0.05, 0.1) is 12.1 Å². The maximum Gasteiger partial charge on any atom is 0.390 e. The van der Waals surface area contributed by atoms with Crippen molar-refractivity contribution < 1.29 is 13.2 Å². The van der Waals surface area contributed by atoms with Crippen LogP contribution in [0.4, 0.5) is 19.0 Å². The van der Waals surface area contributed by atoms with Crippen molar-refractivity contribution in [3.63, 3.8) is 0 Å². The Bertz CT molecular complexity index is 611. The van der Waals surface area contributed by atoms with Gasteiger partial charge in [-0.05, 0) is 18.5 Å². The number of halogens is 3. The van der Waals surface area contributed by atoms with Crippen LogP contribution in [-0.4, -0.2) is 31.8 Å². The normalized spacial score (nSPS) is 11.9. The summed E-state index contributed by atoms with van der Waals surface area (Å²) in [6.45, 7) is 0.467. The van der Waals surface area contributed by atoms with E-state index in [1.165, 1.54) is 0 Å². The summed E-state index contributed by atoms with van der Waals surface area (Å²) in [7, 11) is 3.45. The number of alkyl halides is 3. The van der Waals surface area contributed by atoms with Crippen molar-refractivity contribution in [1.29, 1.82) is 0 Å². The second-order valence-corrected chi connectivity index (χ2v) is 4.98. The molecule has 1 aromatic carbocycles. The first-order valence-corrected chi connectivity index (χ1v) is 6.72. The molecule has 2 rings (SSSR count). The molecule has 0 aliphatic heterocycles. The maximum atomic E-state index is 12.4. The van der Waals surface area contributed by atoms with Crippen LogP contribution in [-0.2, 0) is 6.54 Å². The third-order valence-corrected chi connectivity index (χ3v) is 3.22. The molecule has 3 nitrogen and oxygen atoms in total. The fourth-order valence-corrected chi connectivity index (χ4v) is 2.20. The Labute approximate surface area is 121 Å². The number of hydrogen-bond donors (Lipinski definition) is 1. The molecule has 1 N–H and O–H groups in total. The second kappa shape index (κ2) is 6.30. The van der Waals surface area contributed by atoms with Gasteiger partial charge in [0.1, 0.15) is 5.82 Å². The van der Waals surface area contributed by atoms with Crippen LogP contribution in [0.25, 0.3) is 10.8 Å². The standard InChI is InChI=1S/C15H18F3N3/c1-19-10-12-9-11-5-3-4-6-13(11)14(20-12)21(2)8-7-15(16,17)18/h3-6,9,19H,7-8,10H2,1-2H3. The van der Waals surface area contributed by atoms with Gasteiger partial charge in [0.25, 0.3) is 0 Å². The van der Waals surface area contributed by atoms with Gasteiger partial charge in [-0.1, -0.05) is 24.3 Å². The summed E-state index contributed by atoms with van der Waals surface area (Å²) < 4.78 is 37.2. The average Bonchev–Trinajstić information content (AvgIpc) is 2.43. The molecular formula is C15H18F3N3. The summed E-state index contributed by atoms with van der Waals surface area (Å²) >= 11 is 0. The van der Waals surface area contributed by atoms with E-state index in [9.17, 15) is 13.2 Å². The first-order valence-electron chi connectivity index (χ1n) is 6.72. The van der Waals surface area contributed by atoms with E-state index in [2.05, 4.69) is 10.3 Å². The van der Waals surface area contributed by atoms with Crippen molar-refractivity contribution >= 4 is 16.6 Å². The third kappa shape index (κ3) is 4.07. The molecule has 1 heterocycles. The molecule has 0 saturated heterocycles. The van der Waals surface area contributed by atoms with Crippen LogP contribution in [0.5, 0.6) is 0 Å². The van der Waals surface area contributed by atoms with Crippen molar-refractivity contribution in [2.45, 2.75) is 19.1 Å². The molecule has 6 heteroatoms. The number of nitrogens with zero attached hydrogens (tertiary/aromatic N) is 2. The lowest BCUT2D eigenvalue weighted by Crippen LogP contribution is -2.25. The lowest BCUT2D eigenvalue weighted by atomic mass is 10.1. The highest BCUT2D eigenvalue weighted by Crippen LogP contribution is 2.27. The summed E-state index contributed by atoms with van der Waals surface area (Å²) in [6, 6.07) is 9.54. The highest BCUT2D eigenvalue weighted by atomic mass is 19.4. The quantitative estimate of drug-likeness (QED) is 0.917. The number of aromatic nitrogens is 1. The predicted molar refractivity (Wildman–Crippen MR) is 78.4 cm³/mol. The third-order valence-electron chi connectivity index (χ3n) is 3.22. The summed E-state index contributed by atoms with van der Waals surface area (Å²) in [6.07, 6.45) is -5.01. The minimum atomic E-state index is -4.16. The molecule has 0 spiro atoms. The van der Waals surface area contributed by atoms with Gasteiger partial charge in [0.2, 0.25) is 0 Å². The number of nitrogens with one attached hydrogen (secondary N) is 1. The van der Waals surface area contributed by atoms with E-state index in [-0.39, 0.29) is 6.54 Å². The fraction of sp³-hybridized carbons (Fsp3) is 0.400. The van der Waals surface area contributed by atoms with Crippen molar-refractivity contribution in [2.24, 2.45) is 0 Å². The Morgan fingerprint density at radius 1 is 1.24 bits per heavy atom. The smallest absolute Gasteiger partial charge is 0.359 e. The zero-order valence-corrected chi connectivity index (χ0v) is 12.0. The van der Waals surface area contributed by atoms with Crippen LogP contribution >= 0.6 is 0 Å². The average molecular weight is 297 g/mol. The highest BCUT2D eigenvalue weighted by molar-refractivity contribution is 5.92. The lowest BCUT2D eigenvalue weighted by molar-refractivity contribution is -0.132. The van der Waals surface area contributed by atoms with Crippen LogP contribution in [0.15, 0.2) is 30.3 Å². The number of anilines is 1. The molecule has 21 heavy (non-hydrogen) atoms. The molecule has 1 aromatic heterocycles. The van der Waals surface area contributed by atoms with Crippen molar-refractivity contribution in [2.75, 3.05) is 25.5 Å². The first-order chi connectivity index (χ1) is 9.90. The van der Waals surface area contributed by atoms with Gasteiger partial charge >= 0.3 is 6.18 Å². The van der Waals surface area contributed by atoms with E-state index in [1.54, 1.807) is 11.9 Å². The van der Waals surface area contributed by atoms with Crippen LogP contribution in [0.3, 0.4) is 0 Å². The van der Waals surface area contributed by atoms with Gasteiger partial charge < -0.3 is 10.2 Å². The molecule has 0 fully saturated rings. The molecule has 0 aliphatic rings. The summed E-state index contributed by atoms with van der Waals surface area (Å²) in [5.74, 6) is 0.586. The Kier molecular flexibility index (Phi) is 4.67. The van der Waals surface area contributed by atoms with Crippen molar-refractivity contribution in [3.05, 3.63) is 36.0 Å².